The highest BCUT2D eigenvalue weighted by atomic mass is 32.1. The van der Waals surface area contributed by atoms with Crippen molar-refractivity contribution in [3.8, 4) is 10.6 Å². The van der Waals surface area contributed by atoms with Crippen LogP contribution in [-0.2, 0) is 16.0 Å². The zero-order valence-electron chi connectivity index (χ0n) is 19.4. The van der Waals surface area contributed by atoms with Crippen molar-refractivity contribution in [2.24, 2.45) is 0 Å². The fourth-order valence-electron chi connectivity index (χ4n) is 4.16. The number of carbonyl (C=O) groups excluding carboxylic acids is 3. The van der Waals surface area contributed by atoms with E-state index < -0.39 is 17.9 Å². The van der Waals surface area contributed by atoms with Crippen LogP contribution in [0.3, 0.4) is 0 Å². The van der Waals surface area contributed by atoms with Gasteiger partial charge in [-0.3, -0.25) is 25.2 Å². The summed E-state index contributed by atoms with van der Waals surface area (Å²) < 4.78 is 0. The molecule has 36 heavy (non-hydrogen) atoms. The minimum Gasteiger partial charge on any atom is -0.361 e. The highest BCUT2D eigenvalue weighted by Gasteiger charge is 2.23. The molecule has 0 bridgehead atoms. The fraction of sp³-hybridized carbons (Fsp3) is 0.111. The Labute approximate surface area is 210 Å². The number of aromatic amines is 1. The number of hydrazine groups is 1. The van der Waals surface area contributed by atoms with Crippen LogP contribution in [0.25, 0.3) is 32.4 Å². The van der Waals surface area contributed by atoms with Crippen molar-refractivity contribution in [1.29, 1.82) is 0 Å². The largest absolute Gasteiger partial charge is 0.361 e. The second-order valence-electron chi connectivity index (χ2n) is 8.31. The number of benzene rings is 2. The normalized spacial score (nSPS) is 11.8. The number of para-hydroxylation sites is 2. The summed E-state index contributed by atoms with van der Waals surface area (Å²) in [7, 11) is 0. The number of aromatic nitrogens is 2. The summed E-state index contributed by atoms with van der Waals surface area (Å²) >= 11 is 1.53. The Kier molecular flexibility index (Phi) is 6.46. The zero-order valence-corrected chi connectivity index (χ0v) is 20.2. The van der Waals surface area contributed by atoms with Crippen molar-refractivity contribution < 1.29 is 14.4 Å². The van der Waals surface area contributed by atoms with Crippen LogP contribution >= 0.6 is 11.3 Å². The lowest BCUT2D eigenvalue weighted by molar-refractivity contribution is -0.128. The van der Waals surface area contributed by atoms with E-state index in [-0.39, 0.29) is 12.3 Å². The monoisotopic (exact) mass is 497 g/mol. The maximum absolute atomic E-state index is 13.2. The molecule has 4 N–H and O–H groups in total. The number of H-pyrrole nitrogens is 1. The van der Waals surface area contributed by atoms with Crippen LogP contribution in [0.2, 0.25) is 0 Å². The van der Waals surface area contributed by atoms with Gasteiger partial charge in [0, 0.05) is 35.8 Å². The van der Waals surface area contributed by atoms with Crippen molar-refractivity contribution in [2.75, 3.05) is 0 Å². The minimum atomic E-state index is -0.877. The molecule has 0 saturated heterocycles. The number of hydrogen-bond acceptors (Lipinski definition) is 5. The van der Waals surface area contributed by atoms with Crippen LogP contribution in [0.4, 0.5) is 0 Å². The smallest absolute Gasteiger partial charge is 0.270 e. The van der Waals surface area contributed by atoms with Crippen LogP contribution in [0.5, 0.6) is 0 Å². The first kappa shape index (κ1) is 23.3. The van der Waals surface area contributed by atoms with Gasteiger partial charge < -0.3 is 10.3 Å². The molecule has 0 fully saturated rings. The molecule has 180 valence electrons. The third-order valence-corrected chi connectivity index (χ3v) is 6.72. The molecular formula is C27H23N5O3S. The van der Waals surface area contributed by atoms with Crippen LogP contribution in [0.15, 0.2) is 78.3 Å². The summed E-state index contributed by atoms with van der Waals surface area (Å²) in [5, 5.41) is 6.26. The molecule has 0 unspecified atom stereocenters. The molecule has 5 aromatic rings. The van der Waals surface area contributed by atoms with E-state index in [1.54, 1.807) is 6.07 Å². The summed E-state index contributed by atoms with van der Waals surface area (Å²) in [5.41, 5.74) is 8.56. The van der Waals surface area contributed by atoms with Crippen molar-refractivity contribution >= 4 is 50.9 Å². The van der Waals surface area contributed by atoms with Gasteiger partial charge in [-0.05, 0) is 35.2 Å². The Bertz CT molecular complexity index is 1580. The Morgan fingerprint density at radius 3 is 2.53 bits per heavy atom. The van der Waals surface area contributed by atoms with Crippen LogP contribution in [0, 0.1) is 0 Å². The molecule has 0 aliphatic carbocycles. The fourth-order valence-corrected chi connectivity index (χ4v) is 4.85. The van der Waals surface area contributed by atoms with Gasteiger partial charge in [0.05, 0.1) is 21.7 Å². The van der Waals surface area contributed by atoms with Gasteiger partial charge in [0.2, 0.25) is 5.91 Å². The minimum absolute atomic E-state index is 0.256. The highest BCUT2D eigenvalue weighted by molar-refractivity contribution is 7.13. The SMILES string of the molecule is CC(=O)N[C@@H](Cc1c[nH]c2ccccc12)C(=O)NNC(=O)c1cc(-c2cccs2)nc2ccccc12. The summed E-state index contributed by atoms with van der Waals surface area (Å²) in [4.78, 5) is 46.8. The number of amides is 3. The van der Waals surface area contributed by atoms with Gasteiger partial charge in [-0.2, -0.15) is 0 Å². The van der Waals surface area contributed by atoms with Crippen molar-refractivity contribution in [2.45, 2.75) is 19.4 Å². The molecule has 3 heterocycles. The topological polar surface area (TPSA) is 116 Å². The van der Waals surface area contributed by atoms with Crippen molar-refractivity contribution in [3.05, 3.63) is 89.4 Å². The van der Waals surface area contributed by atoms with Crippen LogP contribution in [0.1, 0.15) is 22.8 Å². The lowest BCUT2D eigenvalue weighted by Gasteiger charge is -2.18. The first-order valence-electron chi connectivity index (χ1n) is 11.4. The lowest BCUT2D eigenvalue weighted by atomic mass is 10.0. The number of carbonyl (C=O) groups is 3. The average molecular weight is 498 g/mol. The Morgan fingerprint density at radius 2 is 1.75 bits per heavy atom. The summed E-state index contributed by atoms with van der Waals surface area (Å²) in [5.74, 6) is -1.35. The molecule has 3 aromatic heterocycles. The third-order valence-electron chi connectivity index (χ3n) is 5.83. The molecule has 0 aliphatic heterocycles. The van der Waals surface area contributed by atoms with Crippen LogP contribution in [-0.4, -0.2) is 33.7 Å². The molecule has 0 saturated carbocycles. The van der Waals surface area contributed by atoms with E-state index in [9.17, 15) is 14.4 Å². The molecular weight excluding hydrogens is 474 g/mol. The lowest BCUT2D eigenvalue weighted by Crippen LogP contribution is -2.52. The molecule has 0 radical (unpaired) electrons. The summed E-state index contributed by atoms with van der Waals surface area (Å²) in [6.07, 6.45) is 2.08. The number of nitrogens with zero attached hydrogens (tertiary/aromatic N) is 1. The zero-order chi connectivity index (χ0) is 25.1. The standard InChI is InChI=1S/C27H23N5O3S/c1-16(33)29-24(13-17-15-28-21-9-4-2-7-18(17)21)27(35)32-31-26(34)20-14-23(25-11-6-12-36-25)30-22-10-5-3-8-19(20)22/h2-12,14-15,24,28H,13H2,1H3,(H,29,33)(H,31,34)(H,32,35)/t24-/m0/s1. The first-order chi connectivity index (χ1) is 17.5. The first-order valence-corrected chi connectivity index (χ1v) is 12.2. The number of pyridine rings is 1. The van der Waals surface area contributed by atoms with Gasteiger partial charge in [0.25, 0.3) is 11.8 Å². The van der Waals surface area contributed by atoms with Crippen LogP contribution < -0.4 is 16.2 Å². The Morgan fingerprint density at radius 1 is 0.972 bits per heavy atom. The number of thiophene rings is 1. The quantitative estimate of drug-likeness (QED) is 0.266. The van der Waals surface area contributed by atoms with Gasteiger partial charge in [0.15, 0.2) is 0 Å². The molecule has 5 rings (SSSR count). The molecule has 2 aromatic carbocycles. The number of rotatable bonds is 6. The third kappa shape index (κ3) is 4.82. The van der Waals surface area contributed by atoms with Gasteiger partial charge >= 0.3 is 0 Å². The van der Waals surface area contributed by atoms with Gasteiger partial charge in [0.1, 0.15) is 6.04 Å². The average Bonchev–Trinajstić information content (AvgIpc) is 3.57. The molecule has 3 amide bonds. The van der Waals surface area contributed by atoms with E-state index in [4.69, 9.17) is 0 Å². The van der Waals surface area contributed by atoms with E-state index in [0.29, 0.717) is 22.2 Å². The number of hydrogen-bond donors (Lipinski definition) is 4. The second kappa shape index (κ2) is 10.0. The van der Waals surface area contributed by atoms with Gasteiger partial charge in [-0.1, -0.05) is 42.5 Å². The Balaban J connectivity index is 1.36. The van der Waals surface area contributed by atoms with Crippen molar-refractivity contribution in [3.63, 3.8) is 0 Å². The molecule has 0 aliphatic rings. The highest BCUT2D eigenvalue weighted by Crippen LogP contribution is 2.27. The predicted molar refractivity (Wildman–Crippen MR) is 140 cm³/mol. The second-order valence-corrected chi connectivity index (χ2v) is 9.26. The predicted octanol–water partition coefficient (Wildman–Crippen LogP) is 3.95. The molecule has 0 spiro atoms. The summed E-state index contributed by atoms with van der Waals surface area (Å²) in [6, 6.07) is 19.8. The maximum atomic E-state index is 13.2. The van der Waals surface area contributed by atoms with E-state index in [1.165, 1.54) is 18.3 Å². The van der Waals surface area contributed by atoms with Gasteiger partial charge in [-0.15, -0.1) is 11.3 Å². The summed E-state index contributed by atoms with van der Waals surface area (Å²) in [6.45, 7) is 1.35. The van der Waals surface area contributed by atoms with Crippen molar-refractivity contribution in [1.82, 2.24) is 26.1 Å². The Hall–Kier alpha value is -4.50. The van der Waals surface area contributed by atoms with Gasteiger partial charge in [-0.25, -0.2) is 4.98 Å². The molecule has 9 heteroatoms. The van der Waals surface area contributed by atoms with E-state index in [0.717, 1.165) is 21.3 Å². The van der Waals surface area contributed by atoms with E-state index >= 15 is 0 Å². The van der Waals surface area contributed by atoms with E-state index in [1.807, 2.05) is 72.2 Å². The number of fused-ring (bicyclic) bond motifs is 2. The maximum Gasteiger partial charge on any atom is 0.270 e. The molecule has 8 nitrogen and oxygen atoms in total. The number of nitrogens with one attached hydrogen (secondary N) is 4. The van der Waals surface area contributed by atoms with E-state index in [2.05, 4.69) is 26.1 Å². The molecule has 1 atom stereocenters.